The van der Waals surface area contributed by atoms with E-state index >= 15 is 0 Å². The van der Waals surface area contributed by atoms with Gasteiger partial charge in [-0.2, -0.15) is 0 Å². The summed E-state index contributed by atoms with van der Waals surface area (Å²) in [5.41, 5.74) is 2.15. The van der Waals surface area contributed by atoms with Crippen molar-refractivity contribution in [1.82, 2.24) is 0 Å². The number of thioether (sulfide) groups is 1. The van der Waals surface area contributed by atoms with Crippen molar-refractivity contribution in [2.75, 3.05) is 16.4 Å². The summed E-state index contributed by atoms with van der Waals surface area (Å²) in [6.45, 7) is 3.87. The Balaban J connectivity index is 1.69. The fourth-order valence-corrected chi connectivity index (χ4v) is 5.23. The predicted molar refractivity (Wildman–Crippen MR) is 111 cm³/mol. The van der Waals surface area contributed by atoms with Crippen molar-refractivity contribution in [3.05, 3.63) is 48.0 Å². The number of benzene rings is 2. The number of fused-ring (bicyclic) bond motifs is 1. The van der Waals surface area contributed by atoms with Crippen LogP contribution in [0.1, 0.15) is 25.3 Å². The quantitative estimate of drug-likeness (QED) is 0.774. The van der Waals surface area contributed by atoms with Gasteiger partial charge in [-0.15, -0.1) is 11.8 Å². The molecule has 148 valence electrons. The van der Waals surface area contributed by atoms with Gasteiger partial charge in [0.05, 0.1) is 16.3 Å². The van der Waals surface area contributed by atoms with Crippen molar-refractivity contribution in [1.29, 1.82) is 0 Å². The van der Waals surface area contributed by atoms with Gasteiger partial charge in [-0.3, -0.25) is 9.59 Å². The Morgan fingerprint density at radius 1 is 1.25 bits per heavy atom. The van der Waals surface area contributed by atoms with Crippen LogP contribution in [0.4, 0.5) is 11.4 Å². The zero-order valence-electron chi connectivity index (χ0n) is 15.7. The number of nitrogens with one attached hydrogen (secondary N) is 2. The topological polar surface area (TPSA) is 92.3 Å². The Morgan fingerprint density at radius 3 is 2.79 bits per heavy atom. The Morgan fingerprint density at radius 2 is 2.04 bits per heavy atom. The molecule has 2 N–H and O–H groups in total. The van der Waals surface area contributed by atoms with Gasteiger partial charge < -0.3 is 10.6 Å². The van der Waals surface area contributed by atoms with Crippen LogP contribution in [-0.2, 0) is 19.4 Å². The van der Waals surface area contributed by atoms with Gasteiger partial charge in [0.1, 0.15) is 0 Å². The van der Waals surface area contributed by atoms with Crippen LogP contribution in [0.15, 0.2) is 52.3 Å². The summed E-state index contributed by atoms with van der Waals surface area (Å²) in [4.78, 5) is 25.0. The summed E-state index contributed by atoms with van der Waals surface area (Å²) >= 11 is 1.53. The van der Waals surface area contributed by atoms with Gasteiger partial charge in [0.15, 0.2) is 9.84 Å². The smallest absolute Gasteiger partial charge is 0.225 e. The number of aryl methyl sites for hydroxylation is 1. The molecule has 0 bridgehead atoms. The molecule has 1 heterocycles. The van der Waals surface area contributed by atoms with Crippen LogP contribution in [0.3, 0.4) is 0 Å². The number of hydrogen-bond donors (Lipinski definition) is 2. The van der Waals surface area contributed by atoms with Crippen molar-refractivity contribution in [2.45, 2.75) is 41.7 Å². The number of carbonyl (C=O) groups excluding carboxylic acids is 2. The molecular weight excluding hydrogens is 396 g/mol. The van der Waals surface area contributed by atoms with E-state index in [0.29, 0.717) is 17.8 Å². The van der Waals surface area contributed by atoms with Crippen molar-refractivity contribution in [3.8, 4) is 0 Å². The van der Waals surface area contributed by atoms with E-state index < -0.39 is 9.84 Å². The average Bonchev–Trinajstić information content (AvgIpc) is 2.75. The SMILES string of the molecule is Cc1cccc(NC(=O)CCS(=O)(=O)c2ccc3c(c2)NC(=O)C[C@H](C)S3)c1. The minimum Gasteiger partial charge on any atom is -0.326 e. The van der Waals surface area contributed by atoms with Gasteiger partial charge in [0.2, 0.25) is 11.8 Å². The van der Waals surface area contributed by atoms with Crippen molar-refractivity contribution in [2.24, 2.45) is 0 Å². The lowest BCUT2D eigenvalue weighted by atomic mass is 10.2. The van der Waals surface area contributed by atoms with Crippen LogP contribution < -0.4 is 10.6 Å². The largest absolute Gasteiger partial charge is 0.326 e. The Bertz CT molecular complexity index is 1020. The fraction of sp³-hybridized carbons (Fsp3) is 0.300. The molecule has 0 saturated carbocycles. The first kappa shape index (κ1) is 20.4. The highest BCUT2D eigenvalue weighted by Gasteiger charge is 2.22. The molecule has 2 aromatic carbocycles. The third-order valence-corrected chi connectivity index (χ3v) is 7.18. The van der Waals surface area contributed by atoms with Crippen LogP contribution in [0, 0.1) is 6.92 Å². The number of sulfone groups is 1. The Labute approximate surface area is 169 Å². The molecule has 6 nitrogen and oxygen atoms in total. The molecule has 1 atom stereocenters. The molecule has 0 fully saturated rings. The second-order valence-electron chi connectivity index (χ2n) is 6.83. The molecule has 1 aliphatic heterocycles. The Hall–Kier alpha value is -2.32. The lowest BCUT2D eigenvalue weighted by molar-refractivity contribution is -0.116. The first-order chi connectivity index (χ1) is 13.2. The number of amides is 2. The van der Waals surface area contributed by atoms with Crippen LogP contribution in [0.5, 0.6) is 0 Å². The van der Waals surface area contributed by atoms with Crippen molar-refractivity contribution >= 4 is 44.8 Å². The molecular formula is C20H22N2O4S2. The van der Waals surface area contributed by atoms with Gasteiger partial charge >= 0.3 is 0 Å². The van der Waals surface area contributed by atoms with E-state index in [2.05, 4.69) is 10.6 Å². The van der Waals surface area contributed by atoms with Crippen LogP contribution in [0.25, 0.3) is 0 Å². The maximum absolute atomic E-state index is 12.7. The van der Waals surface area contributed by atoms with Gasteiger partial charge in [-0.1, -0.05) is 19.1 Å². The lowest BCUT2D eigenvalue weighted by Gasteiger charge is -2.11. The minimum absolute atomic E-state index is 0.102. The van der Waals surface area contributed by atoms with Crippen LogP contribution in [0.2, 0.25) is 0 Å². The molecule has 0 aliphatic carbocycles. The fourth-order valence-electron chi connectivity index (χ4n) is 2.91. The lowest BCUT2D eigenvalue weighted by Crippen LogP contribution is -2.18. The maximum Gasteiger partial charge on any atom is 0.225 e. The number of anilines is 2. The first-order valence-electron chi connectivity index (χ1n) is 8.93. The van der Waals surface area contributed by atoms with E-state index in [1.54, 1.807) is 12.1 Å². The summed E-state index contributed by atoms with van der Waals surface area (Å²) in [5, 5.41) is 5.60. The second kappa shape index (κ2) is 8.36. The maximum atomic E-state index is 12.7. The molecule has 0 spiro atoms. The van der Waals surface area contributed by atoms with Gasteiger partial charge in [-0.05, 0) is 42.8 Å². The van der Waals surface area contributed by atoms with E-state index in [0.717, 1.165) is 10.5 Å². The standard InChI is InChI=1S/C20H22N2O4S2/c1-13-4-3-5-15(10-13)21-19(23)8-9-28(25,26)16-6-7-18-17(12-16)22-20(24)11-14(2)27-18/h3-7,10,12,14H,8-9,11H2,1-2H3,(H,21,23)(H,22,24)/t14-/m0/s1. The van der Waals surface area contributed by atoms with Gasteiger partial charge in [-0.25, -0.2) is 8.42 Å². The van der Waals surface area contributed by atoms with E-state index in [4.69, 9.17) is 0 Å². The summed E-state index contributed by atoms with van der Waals surface area (Å²) in [7, 11) is -3.65. The highest BCUT2D eigenvalue weighted by atomic mass is 32.2. The molecule has 8 heteroatoms. The molecule has 2 aromatic rings. The highest BCUT2D eigenvalue weighted by Crippen LogP contribution is 2.36. The number of rotatable bonds is 5. The van der Waals surface area contributed by atoms with Crippen molar-refractivity contribution in [3.63, 3.8) is 0 Å². The summed E-state index contributed by atoms with van der Waals surface area (Å²) in [5.74, 6) is -0.798. The van der Waals surface area contributed by atoms with Gasteiger partial charge in [0, 0.05) is 28.7 Å². The monoisotopic (exact) mass is 418 g/mol. The highest BCUT2D eigenvalue weighted by molar-refractivity contribution is 8.00. The molecule has 0 unspecified atom stereocenters. The second-order valence-corrected chi connectivity index (χ2v) is 10.4. The summed E-state index contributed by atoms with van der Waals surface area (Å²) < 4.78 is 25.3. The molecule has 2 amide bonds. The zero-order chi connectivity index (χ0) is 20.3. The molecule has 3 rings (SSSR count). The van der Waals surface area contributed by atoms with Gasteiger partial charge in [0.25, 0.3) is 0 Å². The molecule has 0 saturated heterocycles. The number of hydrogen-bond acceptors (Lipinski definition) is 5. The first-order valence-corrected chi connectivity index (χ1v) is 11.5. The number of carbonyl (C=O) groups is 2. The Kier molecular flexibility index (Phi) is 6.10. The average molecular weight is 419 g/mol. The van der Waals surface area contributed by atoms with Crippen LogP contribution >= 0.6 is 11.8 Å². The molecule has 0 radical (unpaired) electrons. The minimum atomic E-state index is -3.65. The third kappa shape index (κ3) is 5.14. The third-order valence-electron chi connectivity index (χ3n) is 4.28. The molecule has 28 heavy (non-hydrogen) atoms. The molecule has 0 aromatic heterocycles. The van der Waals surface area contributed by atoms with Crippen molar-refractivity contribution < 1.29 is 18.0 Å². The van der Waals surface area contributed by atoms with E-state index in [1.807, 2.05) is 32.0 Å². The normalized spacial score (nSPS) is 16.6. The zero-order valence-corrected chi connectivity index (χ0v) is 17.3. The summed E-state index contributed by atoms with van der Waals surface area (Å²) in [6.07, 6.45) is 0.228. The van der Waals surface area contributed by atoms with E-state index in [9.17, 15) is 18.0 Å². The molecule has 1 aliphatic rings. The predicted octanol–water partition coefficient (Wildman–Crippen LogP) is 3.62. The summed E-state index contributed by atoms with van der Waals surface area (Å²) in [6, 6.07) is 12.0. The van der Waals surface area contributed by atoms with E-state index in [-0.39, 0.29) is 34.1 Å². The van der Waals surface area contributed by atoms with Crippen LogP contribution in [-0.4, -0.2) is 31.2 Å². The van der Waals surface area contributed by atoms with E-state index in [1.165, 1.54) is 23.9 Å².